The normalized spacial score (nSPS) is 24.1. The van der Waals surface area contributed by atoms with E-state index in [1.54, 1.807) is 6.07 Å². The van der Waals surface area contributed by atoms with Gasteiger partial charge in [0.25, 0.3) is 0 Å². The van der Waals surface area contributed by atoms with Crippen molar-refractivity contribution in [3.8, 4) is 0 Å². The Morgan fingerprint density at radius 2 is 2.22 bits per heavy atom. The largest absolute Gasteiger partial charge is 0.347 e. The first-order chi connectivity index (χ1) is 8.56. The third-order valence-corrected chi connectivity index (χ3v) is 3.16. The first-order valence-corrected chi connectivity index (χ1v) is 6.35. The van der Waals surface area contributed by atoms with Crippen molar-refractivity contribution in [3.63, 3.8) is 0 Å². The molecule has 3 nitrogen and oxygen atoms in total. The second kappa shape index (κ2) is 5.48. The van der Waals surface area contributed by atoms with E-state index in [0.29, 0.717) is 12.5 Å². The number of hydrogen-bond acceptors (Lipinski definition) is 2. The van der Waals surface area contributed by atoms with Crippen LogP contribution in [-0.2, 0) is 4.79 Å². The van der Waals surface area contributed by atoms with E-state index in [4.69, 9.17) is 0 Å². The molecule has 18 heavy (non-hydrogen) atoms. The van der Waals surface area contributed by atoms with Crippen molar-refractivity contribution < 1.29 is 9.18 Å². The van der Waals surface area contributed by atoms with E-state index in [2.05, 4.69) is 24.5 Å². The second-order valence-electron chi connectivity index (χ2n) is 5.21. The van der Waals surface area contributed by atoms with E-state index in [0.717, 1.165) is 12.0 Å². The van der Waals surface area contributed by atoms with Crippen LogP contribution in [0.25, 0.3) is 0 Å². The van der Waals surface area contributed by atoms with Gasteiger partial charge in [-0.25, -0.2) is 4.39 Å². The molecule has 4 heteroatoms. The number of hydrogen-bond donors (Lipinski definition) is 2. The minimum absolute atomic E-state index is 0.00390. The Hall–Kier alpha value is -1.42. The van der Waals surface area contributed by atoms with E-state index < -0.39 is 0 Å². The number of amides is 1. The first-order valence-electron chi connectivity index (χ1n) is 6.35. The lowest BCUT2D eigenvalue weighted by molar-refractivity contribution is -0.125. The predicted molar refractivity (Wildman–Crippen MR) is 68.5 cm³/mol. The summed E-state index contributed by atoms with van der Waals surface area (Å²) in [6, 6.07) is 6.10. The lowest BCUT2D eigenvalue weighted by Gasteiger charge is -2.31. The zero-order valence-corrected chi connectivity index (χ0v) is 10.7. The van der Waals surface area contributed by atoms with Gasteiger partial charge < -0.3 is 10.6 Å². The molecule has 2 rings (SSSR count). The van der Waals surface area contributed by atoms with Gasteiger partial charge in [0.1, 0.15) is 5.82 Å². The van der Waals surface area contributed by atoms with Crippen molar-refractivity contribution in [1.29, 1.82) is 0 Å². The number of carbonyl (C=O) groups is 1. The molecule has 1 amide bonds. The predicted octanol–water partition coefficient (Wildman–Crippen LogP) is 2.00. The first kappa shape index (κ1) is 13.0. The van der Waals surface area contributed by atoms with Crippen LogP contribution in [0.1, 0.15) is 31.9 Å². The maximum atomic E-state index is 13.1. The van der Waals surface area contributed by atoms with Crippen molar-refractivity contribution >= 4 is 5.91 Å². The number of benzene rings is 1. The smallest absolute Gasteiger partial charge is 0.237 e. The van der Waals surface area contributed by atoms with Gasteiger partial charge in [-0.2, -0.15) is 0 Å². The minimum Gasteiger partial charge on any atom is -0.347 e. The molecule has 1 aliphatic heterocycles. The number of carbonyl (C=O) groups excluding carboxylic acids is 1. The highest BCUT2D eigenvalue weighted by atomic mass is 19.1. The van der Waals surface area contributed by atoms with Gasteiger partial charge in [-0.1, -0.05) is 26.0 Å². The summed E-state index contributed by atoms with van der Waals surface area (Å²) in [6.45, 7) is 4.83. The number of rotatable bonds is 3. The van der Waals surface area contributed by atoms with Crippen LogP contribution in [-0.4, -0.2) is 18.5 Å². The van der Waals surface area contributed by atoms with Gasteiger partial charge in [0.15, 0.2) is 0 Å². The van der Waals surface area contributed by atoms with Crippen LogP contribution in [0.3, 0.4) is 0 Å². The monoisotopic (exact) mass is 250 g/mol. The molecule has 98 valence electrons. The fraction of sp³-hybridized carbons (Fsp3) is 0.500. The molecular weight excluding hydrogens is 231 g/mol. The summed E-state index contributed by atoms with van der Waals surface area (Å²) in [5.74, 6) is 0.203. The summed E-state index contributed by atoms with van der Waals surface area (Å²) in [4.78, 5) is 11.9. The molecule has 1 fully saturated rings. The van der Waals surface area contributed by atoms with Crippen LogP contribution >= 0.6 is 0 Å². The molecule has 1 aliphatic rings. The van der Waals surface area contributed by atoms with Crippen molar-refractivity contribution in [2.45, 2.75) is 32.4 Å². The highest BCUT2D eigenvalue weighted by molar-refractivity contribution is 5.83. The molecule has 0 unspecified atom stereocenters. The Balaban J connectivity index is 2.02. The van der Waals surface area contributed by atoms with Gasteiger partial charge in [0.05, 0.1) is 12.1 Å². The summed E-state index contributed by atoms with van der Waals surface area (Å²) >= 11 is 0. The van der Waals surface area contributed by atoms with Crippen LogP contribution in [0.5, 0.6) is 0 Å². The van der Waals surface area contributed by atoms with E-state index in [-0.39, 0.29) is 23.8 Å². The van der Waals surface area contributed by atoms with Crippen molar-refractivity contribution in [2.75, 3.05) is 6.54 Å². The summed E-state index contributed by atoms with van der Waals surface area (Å²) < 4.78 is 13.1. The fourth-order valence-electron chi connectivity index (χ4n) is 2.26. The Labute approximate surface area is 107 Å². The molecule has 1 saturated heterocycles. The van der Waals surface area contributed by atoms with E-state index in [1.165, 1.54) is 12.1 Å². The van der Waals surface area contributed by atoms with Crippen LogP contribution in [0.15, 0.2) is 24.3 Å². The molecule has 0 radical (unpaired) electrons. The zero-order chi connectivity index (χ0) is 13.1. The summed E-state index contributed by atoms with van der Waals surface area (Å²) in [5, 5.41) is 6.18. The standard InChI is InChI=1S/C14H19FN2O/c1-9(2)6-12-14(18)17-13(8-16-12)10-4-3-5-11(15)7-10/h3-5,7,9,12-13,16H,6,8H2,1-2H3,(H,17,18)/t12-,13+/m0/s1. The summed E-state index contributed by atoms with van der Waals surface area (Å²) in [7, 11) is 0. The highest BCUT2D eigenvalue weighted by Crippen LogP contribution is 2.18. The Kier molecular flexibility index (Phi) is 3.97. The van der Waals surface area contributed by atoms with Gasteiger partial charge in [-0.3, -0.25) is 4.79 Å². The second-order valence-corrected chi connectivity index (χ2v) is 5.21. The third kappa shape index (κ3) is 3.07. The number of piperazine rings is 1. The van der Waals surface area contributed by atoms with Gasteiger partial charge in [-0.15, -0.1) is 0 Å². The van der Waals surface area contributed by atoms with Crippen LogP contribution in [0.4, 0.5) is 4.39 Å². The van der Waals surface area contributed by atoms with Crippen molar-refractivity contribution in [1.82, 2.24) is 10.6 Å². The molecule has 0 aliphatic carbocycles. The quantitative estimate of drug-likeness (QED) is 0.861. The van der Waals surface area contributed by atoms with Gasteiger partial charge >= 0.3 is 0 Å². The highest BCUT2D eigenvalue weighted by Gasteiger charge is 2.28. The Morgan fingerprint density at radius 1 is 1.44 bits per heavy atom. The Morgan fingerprint density at radius 3 is 2.83 bits per heavy atom. The van der Waals surface area contributed by atoms with Gasteiger partial charge in [0.2, 0.25) is 5.91 Å². The number of halogens is 1. The summed E-state index contributed by atoms with van der Waals surface area (Å²) in [5.41, 5.74) is 0.804. The third-order valence-electron chi connectivity index (χ3n) is 3.16. The lowest BCUT2D eigenvalue weighted by atomic mass is 9.98. The topological polar surface area (TPSA) is 41.1 Å². The average molecular weight is 250 g/mol. The van der Waals surface area contributed by atoms with Crippen LogP contribution < -0.4 is 10.6 Å². The lowest BCUT2D eigenvalue weighted by Crippen LogP contribution is -2.54. The van der Waals surface area contributed by atoms with Gasteiger partial charge in [0, 0.05) is 6.54 Å². The molecule has 1 aromatic carbocycles. The number of nitrogens with one attached hydrogen (secondary N) is 2. The molecule has 0 saturated carbocycles. The zero-order valence-electron chi connectivity index (χ0n) is 10.7. The Bertz CT molecular complexity index is 434. The molecular formula is C14H19FN2O. The molecule has 1 heterocycles. The van der Waals surface area contributed by atoms with Gasteiger partial charge in [-0.05, 0) is 30.0 Å². The van der Waals surface area contributed by atoms with Crippen LogP contribution in [0.2, 0.25) is 0 Å². The average Bonchev–Trinajstić information content (AvgIpc) is 2.31. The molecule has 0 spiro atoms. The van der Waals surface area contributed by atoms with E-state index >= 15 is 0 Å². The van der Waals surface area contributed by atoms with Crippen LogP contribution in [0, 0.1) is 11.7 Å². The maximum Gasteiger partial charge on any atom is 0.237 e. The SMILES string of the molecule is CC(C)C[C@@H]1NC[C@H](c2cccc(F)c2)NC1=O. The fourth-order valence-corrected chi connectivity index (χ4v) is 2.26. The molecule has 2 N–H and O–H groups in total. The van der Waals surface area contributed by atoms with E-state index in [9.17, 15) is 9.18 Å². The summed E-state index contributed by atoms with van der Waals surface area (Å²) in [6.07, 6.45) is 0.821. The molecule has 0 aromatic heterocycles. The molecule has 0 bridgehead atoms. The van der Waals surface area contributed by atoms with Crippen molar-refractivity contribution in [3.05, 3.63) is 35.6 Å². The minimum atomic E-state index is -0.272. The van der Waals surface area contributed by atoms with E-state index in [1.807, 2.05) is 6.07 Å². The maximum absolute atomic E-state index is 13.1. The van der Waals surface area contributed by atoms with Crippen molar-refractivity contribution in [2.24, 2.45) is 5.92 Å². The molecule has 2 atom stereocenters. The molecule has 1 aromatic rings.